The molecule has 0 atom stereocenters. The van der Waals surface area contributed by atoms with E-state index in [9.17, 15) is 9.50 Å². The summed E-state index contributed by atoms with van der Waals surface area (Å²) < 4.78 is 24.8. The molecule has 0 saturated heterocycles. The number of ether oxygens (including phenoxy) is 2. The van der Waals surface area contributed by atoms with Crippen LogP contribution < -0.4 is 14.8 Å². The van der Waals surface area contributed by atoms with E-state index in [1.165, 1.54) is 12.1 Å². The predicted molar refractivity (Wildman–Crippen MR) is 114 cm³/mol. The summed E-state index contributed by atoms with van der Waals surface area (Å²) in [5, 5.41) is 13.4. The molecular weight excluding hydrogens is 416 g/mol. The monoisotopic (exact) mass is 435 g/mol. The van der Waals surface area contributed by atoms with Gasteiger partial charge in [-0.05, 0) is 55.0 Å². The Morgan fingerprint density at radius 2 is 1.59 bits per heavy atom. The maximum absolute atomic E-state index is 13.2. The summed E-state index contributed by atoms with van der Waals surface area (Å²) in [6, 6.07) is 14.4. The second-order valence-corrected chi connectivity index (χ2v) is 7.06. The first-order chi connectivity index (χ1) is 14.0. The van der Waals surface area contributed by atoms with Crippen LogP contribution in [0.15, 0.2) is 54.6 Å². The minimum absolute atomic E-state index is 0.153. The first-order valence-electron chi connectivity index (χ1n) is 9.01. The lowest BCUT2D eigenvalue weighted by atomic mass is 10.2. The van der Waals surface area contributed by atoms with E-state index in [1.807, 2.05) is 13.0 Å². The van der Waals surface area contributed by atoms with Gasteiger partial charge in [-0.1, -0.05) is 29.3 Å². The van der Waals surface area contributed by atoms with Crippen LogP contribution in [0.3, 0.4) is 0 Å². The molecule has 3 aromatic rings. The Bertz CT molecular complexity index is 981. The quantitative estimate of drug-likeness (QED) is 0.400. The van der Waals surface area contributed by atoms with Crippen LogP contribution in [0.5, 0.6) is 17.2 Å². The average molecular weight is 436 g/mol. The lowest BCUT2D eigenvalue weighted by molar-refractivity contribution is 0.269. The van der Waals surface area contributed by atoms with E-state index in [0.29, 0.717) is 40.3 Å². The standard InChI is InChI=1S/C22H20Cl2FNO3/c1-2-28-21-9-15(12-26-17-5-7-18(27)8-6-17)20(24)11-22(21)29-13-14-3-4-16(25)10-19(14)23/h3-11,26-27H,2,12-13H2,1H3. The van der Waals surface area contributed by atoms with Crippen molar-refractivity contribution >= 4 is 28.9 Å². The van der Waals surface area contributed by atoms with Crippen LogP contribution in [0, 0.1) is 5.82 Å². The third-order valence-corrected chi connectivity index (χ3v) is 4.86. The molecule has 0 amide bonds. The van der Waals surface area contributed by atoms with Gasteiger partial charge < -0.3 is 19.9 Å². The molecule has 2 N–H and O–H groups in total. The Morgan fingerprint density at radius 3 is 2.28 bits per heavy atom. The number of phenolic OH excluding ortho intramolecular Hbond substituents is 1. The molecule has 0 saturated carbocycles. The van der Waals surface area contributed by atoms with Gasteiger partial charge in [-0.25, -0.2) is 4.39 Å². The van der Waals surface area contributed by atoms with Crippen LogP contribution in [0.25, 0.3) is 0 Å². The van der Waals surface area contributed by atoms with Crippen LogP contribution in [-0.4, -0.2) is 11.7 Å². The van der Waals surface area contributed by atoms with Gasteiger partial charge in [0.15, 0.2) is 11.5 Å². The fourth-order valence-corrected chi connectivity index (χ4v) is 3.11. The van der Waals surface area contributed by atoms with Crippen LogP contribution >= 0.6 is 23.2 Å². The largest absolute Gasteiger partial charge is 0.508 e. The first kappa shape index (κ1) is 21.1. The van der Waals surface area contributed by atoms with Gasteiger partial charge in [-0.2, -0.15) is 0 Å². The molecule has 7 heteroatoms. The number of phenols is 1. The summed E-state index contributed by atoms with van der Waals surface area (Å²) in [7, 11) is 0. The third-order valence-electron chi connectivity index (χ3n) is 4.16. The minimum atomic E-state index is -0.401. The number of benzene rings is 3. The van der Waals surface area contributed by atoms with Gasteiger partial charge >= 0.3 is 0 Å². The predicted octanol–water partition coefficient (Wildman–Crippen LogP) is 6.43. The van der Waals surface area contributed by atoms with Gasteiger partial charge in [0.25, 0.3) is 0 Å². The number of halogens is 3. The summed E-state index contributed by atoms with van der Waals surface area (Å²) in [4.78, 5) is 0. The third kappa shape index (κ3) is 5.68. The van der Waals surface area contributed by atoms with Crippen molar-refractivity contribution in [3.05, 3.63) is 81.6 Å². The molecule has 0 radical (unpaired) electrons. The lowest BCUT2D eigenvalue weighted by Gasteiger charge is -2.16. The molecule has 0 spiro atoms. The molecule has 0 fully saturated rings. The van der Waals surface area contributed by atoms with Crippen LogP contribution in [-0.2, 0) is 13.2 Å². The van der Waals surface area contributed by atoms with Crippen LogP contribution in [0.1, 0.15) is 18.1 Å². The molecule has 0 aliphatic heterocycles. The van der Waals surface area contributed by atoms with Crippen molar-refractivity contribution in [3.63, 3.8) is 0 Å². The van der Waals surface area contributed by atoms with E-state index >= 15 is 0 Å². The van der Waals surface area contributed by atoms with Crippen molar-refractivity contribution in [1.82, 2.24) is 0 Å². The Morgan fingerprint density at radius 1 is 0.897 bits per heavy atom. The molecule has 0 bridgehead atoms. The zero-order chi connectivity index (χ0) is 20.8. The summed E-state index contributed by atoms with van der Waals surface area (Å²) in [5.74, 6) is 0.834. The topological polar surface area (TPSA) is 50.7 Å². The van der Waals surface area contributed by atoms with Crippen molar-refractivity contribution in [2.75, 3.05) is 11.9 Å². The van der Waals surface area contributed by atoms with E-state index in [-0.39, 0.29) is 12.4 Å². The summed E-state index contributed by atoms with van der Waals surface area (Å²) in [6.07, 6.45) is 0. The highest BCUT2D eigenvalue weighted by Gasteiger charge is 2.13. The smallest absolute Gasteiger partial charge is 0.163 e. The van der Waals surface area contributed by atoms with Crippen LogP contribution in [0.4, 0.5) is 10.1 Å². The Hall–Kier alpha value is -2.63. The normalized spacial score (nSPS) is 10.6. The highest BCUT2D eigenvalue weighted by Crippen LogP contribution is 2.35. The van der Waals surface area contributed by atoms with Crippen molar-refractivity contribution in [1.29, 1.82) is 0 Å². The van der Waals surface area contributed by atoms with Gasteiger partial charge in [0, 0.05) is 28.9 Å². The molecule has 0 aromatic heterocycles. The number of aromatic hydroxyl groups is 1. The fourth-order valence-electron chi connectivity index (χ4n) is 2.66. The highest BCUT2D eigenvalue weighted by molar-refractivity contribution is 6.31. The van der Waals surface area contributed by atoms with Crippen LogP contribution in [0.2, 0.25) is 10.0 Å². The van der Waals surface area contributed by atoms with E-state index in [1.54, 1.807) is 36.4 Å². The van der Waals surface area contributed by atoms with E-state index < -0.39 is 5.82 Å². The maximum atomic E-state index is 13.2. The molecule has 0 heterocycles. The molecule has 3 aromatic carbocycles. The molecule has 29 heavy (non-hydrogen) atoms. The molecule has 3 rings (SSSR count). The highest BCUT2D eigenvalue weighted by atomic mass is 35.5. The Kier molecular flexibility index (Phi) is 7.07. The summed E-state index contributed by atoms with van der Waals surface area (Å²) in [6.45, 7) is 2.96. The van der Waals surface area contributed by atoms with Crippen molar-refractivity contribution < 1.29 is 19.0 Å². The van der Waals surface area contributed by atoms with E-state index in [4.69, 9.17) is 32.7 Å². The number of rotatable bonds is 8. The Labute approximate surface area is 178 Å². The molecule has 0 aliphatic carbocycles. The SMILES string of the molecule is CCOc1cc(CNc2ccc(O)cc2)c(Cl)cc1OCc1ccc(F)cc1Cl. The summed E-state index contributed by atoms with van der Waals surface area (Å²) >= 11 is 12.5. The summed E-state index contributed by atoms with van der Waals surface area (Å²) in [5.41, 5.74) is 2.34. The lowest BCUT2D eigenvalue weighted by Crippen LogP contribution is -2.04. The fraction of sp³-hybridized carbons (Fsp3) is 0.182. The number of hydrogen-bond acceptors (Lipinski definition) is 4. The first-order valence-corrected chi connectivity index (χ1v) is 9.76. The molecule has 0 aliphatic rings. The number of hydrogen-bond donors (Lipinski definition) is 2. The molecule has 152 valence electrons. The van der Waals surface area contributed by atoms with Crippen molar-refractivity contribution in [2.24, 2.45) is 0 Å². The molecule has 0 unspecified atom stereocenters. The minimum Gasteiger partial charge on any atom is -0.508 e. The zero-order valence-corrected chi connectivity index (χ0v) is 17.2. The molecule has 4 nitrogen and oxygen atoms in total. The van der Waals surface area contributed by atoms with Crippen molar-refractivity contribution in [3.8, 4) is 17.2 Å². The second kappa shape index (κ2) is 9.72. The number of anilines is 1. The Balaban J connectivity index is 1.75. The maximum Gasteiger partial charge on any atom is 0.163 e. The van der Waals surface area contributed by atoms with Gasteiger partial charge in [-0.15, -0.1) is 0 Å². The number of nitrogens with one attached hydrogen (secondary N) is 1. The van der Waals surface area contributed by atoms with E-state index in [2.05, 4.69) is 5.32 Å². The van der Waals surface area contributed by atoms with Gasteiger partial charge in [0.1, 0.15) is 18.2 Å². The van der Waals surface area contributed by atoms with E-state index in [0.717, 1.165) is 11.3 Å². The average Bonchev–Trinajstić information content (AvgIpc) is 2.69. The zero-order valence-electron chi connectivity index (χ0n) is 15.7. The second-order valence-electron chi connectivity index (χ2n) is 6.25. The molecular formula is C22H20Cl2FNO3. The van der Waals surface area contributed by atoms with Gasteiger partial charge in [-0.3, -0.25) is 0 Å². The van der Waals surface area contributed by atoms with Gasteiger partial charge in [0.05, 0.1) is 11.6 Å². The van der Waals surface area contributed by atoms with Crippen molar-refractivity contribution in [2.45, 2.75) is 20.1 Å². The van der Waals surface area contributed by atoms with Gasteiger partial charge in [0.2, 0.25) is 0 Å².